The van der Waals surface area contributed by atoms with Crippen molar-refractivity contribution in [2.45, 2.75) is 32.1 Å². The van der Waals surface area contributed by atoms with E-state index in [9.17, 15) is 4.79 Å². The number of rotatable bonds is 3. The molecule has 114 valence electrons. The highest BCUT2D eigenvalue weighted by Gasteiger charge is 2.29. The second-order valence-electron chi connectivity index (χ2n) is 6.01. The molecule has 0 N–H and O–H groups in total. The van der Waals surface area contributed by atoms with E-state index < -0.39 is 0 Å². The Morgan fingerprint density at radius 3 is 2.96 bits per heavy atom. The third-order valence-electron chi connectivity index (χ3n) is 4.19. The zero-order chi connectivity index (χ0) is 16.0. The van der Waals surface area contributed by atoms with Gasteiger partial charge in [0.2, 0.25) is 0 Å². The van der Waals surface area contributed by atoms with Crippen molar-refractivity contribution in [2.75, 3.05) is 0 Å². The van der Waals surface area contributed by atoms with E-state index in [1.807, 2.05) is 18.2 Å². The first-order valence-electron chi connectivity index (χ1n) is 7.67. The second kappa shape index (κ2) is 5.32. The summed E-state index contributed by atoms with van der Waals surface area (Å²) in [6.45, 7) is 2.07. The molecular weight excluding hydrogens is 306 g/mol. The van der Waals surface area contributed by atoms with Crippen LogP contribution < -0.4 is 5.56 Å². The molecule has 1 aliphatic rings. The van der Waals surface area contributed by atoms with Crippen LogP contribution >= 0.6 is 11.3 Å². The number of aromatic nitrogens is 2. The van der Waals surface area contributed by atoms with Crippen molar-refractivity contribution >= 4 is 16.3 Å². The first kappa shape index (κ1) is 14.2. The zero-order valence-electron chi connectivity index (χ0n) is 12.7. The summed E-state index contributed by atoms with van der Waals surface area (Å²) < 4.78 is 1.78. The lowest BCUT2D eigenvalue weighted by atomic mass is 10.1. The molecule has 1 aliphatic carbocycles. The average molecular weight is 321 g/mol. The molecule has 5 heteroatoms. The zero-order valence-corrected chi connectivity index (χ0v) is 13.6. The maximum absolute atomic E-state index is 12.6. The number of fused-ring (bicyclic) bond motifs is 1. The van der Waals surface area contributed by atoms with Gasteiger partial charge in [0.1, 0.15) is 0 Å². The van der Waals surface area contributed by atoms with Gasteiger partial charge in [-0.1, -0.05) is 12.1 Å². The van der Waals surface area contributed by atoms with Gasteiger partial charge in [-0.25, -0.2) is 4.98 Å². The second-order valence-corrected chi connectivity index (χ2v) is 7.19. The molecule has 0 spiro atoms. The molecule has 0 amide bonds. The van der Waals surface area contributed by atoms with E-state index in [0.29, 0.717) is 17.9 Å². The Hall–Kier alpha value is -2.45. The highest BCUT2D eigenvalue weighted by Crippen LogP contribution is 2.43. The van der Waals surface area contributed by atoms with E-state index in [1.54, 1.807) is 27.9 Å². The van der Waals surface area contributed by atoms with Gasteiger partial charge < -0.3 is 0 Å². The molecule has 0 bridgehead atoms. The summed E-state index contributed by atoms with van der Waals surface area (Å²) in [5.74, 6) is 0.529. The van der Waals surface area contributed by atoms with Crippen LogP contribution in [0.3, 0.4) is 0 Å². The van der Waals surface area contributed by atoms with Gasteiger partial charge >= 0.3 is 0 Å². The van der Waals surface area contributed by atoms with Gasteiger partial charge in [-0.15, -0.1) is 11.3 Å². The lowest BCUT2D eigenvalue weighted by Gasteiger charge is -2.04. The summed E-state index contributed by atoms with van der Waals surface area (Å²) in [6.07, 6.45) is 2.90. The maximum atomic E-state index is 12.6. The minimum Gasteiger partial charge on any atom is -0.269 e. The predicted molar refractivity (Wildman–Crippen MR) is 90.0 cm³/mol. The Bertz CT molecular complexity index is 1010. The smallest absolute Gasteiger partial charge is 0.258 e. The van der Waals surface area contributed by atoms with E-state index in [2.05, 4.69) is 18.0 Å². The van der Waals surface area contributed by atoms with Gasteiger partial charge in [-0.2, -0.15) is 5.26 Å². The minimum atomic E-state index is 0.00712. The normalized spacial score (nSPS) is 14.1. The number of hydrogen-bond donors (Lipinski definition) is 0. The largest absolute Gasteiger partial charge is 0.269 e. The summed E-state index contributed by atoms with van der Waals surface area (Å²) in [5.41, 5.74) is 3.54. The van der Waals surface area contributed by atoms with Gasteiger partial charge in [0.15, 0.2) is 4.96 Å². The Kier molecular flexibility index (Phi) is 3.28. The van der Waals surface area contributed by atoms with Crippen LogP contribution in [-0.2, 0) is 6.42 Å². The molecule has 0 atom stereocenters. The van der Waals surface area contributed by atoms with Crippen molar-refractivity contribution in [1.82, 2.24) is 9.38 Å². The topological polar surface area (TPSA) is 58.2 Å². The number of nitrogens with zero attached hydrogens (tertiary/aromatic N) is 3. The molecule has 0 unspecified atom stereocenters. The molecule has 2 heterocycles. The summed E-state index contributed by atoms with van der Waals surface area (Å²) in [6, 6.07) is 11.2. The Labute approximate surface area is 137 Å². The van der Waals surface area contributed by atoms with Crippen molar-refractivity contribution in [3.05, 3.63) is 68.1 Å². The molecule has 23 heavy (non-hydrogen) atoms. The van der Waals surface area contributed by atoms with Crippen molar-refractivity contribution in [2.24, 2.45) is 0 Å². The van der Waals surface area contributed by atoms with Crippen LogP contribution in [0.25, 0.3) is 4.96 Å². The van der Waals surface area contributed by atoms with Gasteiger partial charge in [-0.05, 0) is 37.5 Å². The van der Waals surface area contributed by atoms with Crippen LogP contribution in [0, 0.1) is 18.3 Å². The highest BCUT2D eigenvalue weighted by molar-refractivity contribution is 7.17. The number of hydrogen-bond acceptors (Lipinski definition) is 4. The fraction of sp³-hybridized carbons (Fsp3) is 0.278. The summed E-state index contributed by atoms with van der Waals surface area (Å²) >= 11 is 1.59. The Balaban J connectivity index is 1.77. The molecule has 0 aliphatic heterocycles. The van der Waals surface area contributed by atoms with Gasteiger partial charge in [0.05, 0.1) is 17.3 Å². The number of aryl methyl sites for hydroxylation is 1. The quantitative estimate of drug-likeness (QED) is 0.743. The molecule has 1 fully saturated rings. The molecule has 0 radical (unpaired) electrons. The van der Waals surface area contributed by atoms with Crippen LogP contribution in [0.4, 0.5) is 0 Å². The van der Waals surface area contributed by atoms with E-state index in [1.165, 1.54) is 17.7 Å². The SMILES string of the molecule is Cc1sc2nc(Cc3cccc(C#N)c3)cc(=O)n2c1C1CC1. The van der Waals surface area contributed by atoms with Crippen molar-refractivity contribution < 1.29 is 0 Å². The fourth-order valence-electron chi connectivity index (χ4n) is 3.02. The lowest BCUT2D eigenvalue weighted by Crippen LogP contribution is -2.16. The Morgan fingerprint density at radius 2 is 2.22 bits per heavy atom. The standard InChI is InChI=1S/C18H15N3OS/c1-11-17(14-5-6-14)21-16(22)9-15(20-18(21)23-11)8-12-3-2-4-13(7-12)10-19/h2-4,7,9,14H,5-6,8H2,1H3. The highest BCUT2D eigenvalue weighted by atomic mass is 32.1. The molecule has 1 saturated carbocycles. The molecule has 4 rings (SSSR count). The molecular formula is C18H15N3OS. The van der Waals surface area contributed by atoms with Crippen LogP contribution in [0.1, 0.15) is 46.2 Å². The first-order chi connectivity index (χ1) is 11.2. The van der Waals surface area contributed by atoms with Crippen molar-refractivity contribution in [3.63, 3.8) is 0 Å². The van der Waals surface area contributed by atoms with Crippen molar-refractivity contribution in [3.8, 4) is 6.07 Å². The lowest BCUT2D eigenvalue weighted by molar-refractivity contribution is 0.910. The van der Waals surface area contributed by atoms with E-state index in [4.69, 9.17) is 5.26 Å². The molecule has 3 aromatic rings. The molecule has 2 aromatic heterocycles. The van der Waals surface area contributed by atoms with Gasteiger partial charge in [0, 0.05) is 29.0 Å². The minimum absolute atomic E-state index is 0.00712. The predicted octanol–water partition coefficient (Wildman–Crippen LogP) is 3.40. The van der Waals surface area contributed by atoms with Crippen LogP contribution in [-0.4, -0.2) is 9.38 Å². The van der Waals surface area contributed by atoms with Gasteiger partial charge in [0.25, 0.3) is 5.56 Å². The van der Waals surface area contributed by atoms with Crippen molar-refractivity contribution in [1.29, 1.82) is 5.26 Å². The third-order valence-corrected chi connectivity index (χ3v) is 5.16. The summed E-state index contributed by atoms with van der Waals surface area (Å²) in [7, 11) is 0. The van der Waals surface area contributed by atoms with E-state index in [-0.39, 0.29) is 5.56 Å². The maximum Gasteiger partial charge on any atom is 0.258 e. The number of nitriles is 1. The fourth-order valence-corrected chi connectivity index (χ4v) is 4.10. The monoisotopic (exact) mass is 321 g/mol. The third kappa shape index (κ3) is 2.55. The van der Waals surface area contributed by atoms with Gasteiger partial charge in [-0.3, -0.25) is 9.20 Å². The van der Waals surface area contributed by atoms with E-state index in [0.717, 1.165) is 21.9 Å². The number of thiazole rings is 1. The van der Waals surface area contributed by atoms with Crippen LogP contribution in [0.15, 0.2) is 35.1 Å². The molecule has 4 nitrogen and oxygen atoms in total. The Morgan fingerprint density at radius 1 is 1.39 bits per heavy atom. The number of benzene rings is 1. The van der Waals surface area contributed by atoms with E-state index >= 15 is 0 Å². The van der Waals surface area contributed by atoms with Crippen LogP contribution in [0.5, 0.6) is 0 Å². The average Bonchev–Trinajstić information content (AvgIpc) is 3.30. The summed E-state index contributed by atoms with van der Waals surface area (Å²) in [5, 5.41) is 8.99. The molecule has 0 saturated heterocycles. The summed E-state index contributed by atoms with van der Waals surface area (Å²) in [4.78, 5) is 19.2. The molecule has 1 aromatic carbocycles. The first-order valence-corrected chi connectivity index (χ1v) is 8.48. The van der Waals surface area contributed by atoms with Crippen LogP contribution in [0.2, 0.25) is 0 Å².